The summed E-state index contributed by atoms with van der Waals surface area (Å²) in [6, 6.07) is 7.35. The van der Waals surface area contributed by atoms with Crippen LogP contribution in [0, 0.1) is 5.92 Å². The van der Waals surface area contributed by atoms with Gasteiger partial charge in [0, 0.05) is 18.3 Å². The number of nitrogens with zero attached hydrogens (tertiary/aromatic N) is 1. The molecule has 0 aromatic carbocycles. The van der Waals surface area contributed by atoms with Gasteiger partial charge in [0.2, 0.25) is 0 Å². The van der Waals surface area contributed by atoms with E-state index in [1.165, 1.54) is 25.0 Å². The van der Waals surface area contributed by atoms with Gasteiger partial charge in [0.25, 0.3) is 0 Å². The molecule has 1 aliphatic carbocycles. The molecule has 0 saturated heterocycles. The van der Waals surface area contributed by atoms with Crippen molar-refractivity contribution < 1.29 is 0 Å². The van der Waals surface area contributed by atoms with Crippen LogP contribution in [0.3, 0.4) is 0 Å². The van der Waals surface area contributed by atoms with Gasteiger partial charge in [-0.1, -0.05) is 26.3 Å². The van der Waals surface area contributed by atoms with Gasteiger partial charge in [0.15, 0.2) is 0 Å². The highest BCUT2D eigenvalue weighted by atomic mass is 15.0. The maximum absolute atomic E-state index is 4.44. The van der Waals surface area contributed by atoms with Gasteiger partial charge in [0.1, 0.15) is 0 Å². The van der Waals surface area contributed by atoms with Gasteiger partial charge in [-0.3, -0.25) is 4.98 Å². The number of rotatable bonds is 5. The van der Waals surface area contributed by atoms with Crippen molar-refractivity contribution in [1.82, 2.24) is 10.3 Å². The van der Waals surface area contributed by atoms with E-state index in [0.717, 1.165) is 12.0 Å². The predicted octanol–water partition coefficient (Wildman–Crippen LogP) is 2.92. The van der Waals surface area contributed by atoms with E-state index in [1.807, 2.05) is 12.3 Å². The molecule has 2 nitrogen and oxygen atoms in total. The van der Waals surface area contributed by atoms with Crippen molar-refractivity contribution in [2.24, 2.45) is 5.92 Å². The Labute approximate surface area is 92.1 Å². The summed E-state index contributed by atoms with van der Waals surface area (Å²) >= 11 is 0. The molecule has 1 aromatic heterocycles. The van der Waals surface area contributed by atoms with E-state index in [9.17, 15) is 0 Å². The number of aromatic nitrogens is 1. The van der Waals surface area contributed by atoms with E-state index in [-0.39, 0.29) is 0 Å². The molecule has 1 saturated carbocycles. The highest BCUT2D eigenvalue weighted by molar-refractivity contribution is 5.10. The first-order valence-electron chi connectivity index (χ1n) is 5.98. The van der Waals surface area contributed by atoms with Gasteiger partial charge >= 0.3 is 0 Å². The fourth-order valence-electron chi connectivity index (χ4n) is 2.00. The average molecular weight is 204 g/mol. The zero-order chi connectivity index (χ0) is 10.7. The quantitative estimate of drug-likeness (QED) is 0.797. The van der Waals surface area contributed by atoms with Crippen molar-refractivity contribution in [3.63, 3.8) is 0 Å². The summed E-state index contributed by atoms with van der Waals surface area (Å²) in [6.45, 7) is 4.53. The lowest BCUT2D eigenvalue weighted by atomic mass is 10.1. The first-order chi connectivity index (χ1) is 7.31. The zero-order valence-corrected chi connectivity index (χ0v) is 9.61. The van der Waals surface area contributed by atoms with Crippen LogP contribution < -0.4 is 5.32 Å². The molecule has 0 amide bonds. The van der Waals surface area contributed by atoms with Gasteiger partial charge in [-0.2, -0.15) is 0 Å². The van der Waals surface area contributed by atoms with Crippen molar-refractivity contribution >= 4 is 0 Å². The van der Waals surface area contributed by atoms with Gasteiger partial charge in [-0.25, -0.2) is 0 Å². The Morgan fingerprint density at radius 2 is 2.33 bits per heavy atom. The lowest BCUT2D eigenvalue weighted by molar-refractivity contribution is 0.470. The summed E-state index contributed by atoms with van der Waals surface area (Å²) in [6.07, 6.45) is 5.60. The van der Waals surface area contributed by atoms with Crippen LogP contribution in [-0.2, 0) is 0 Å². The van der Waals surface area contributed by atoms with E-state index in [4.69, 9.17) is 0 Å². The highest BCUT2D eigenvalue weighted by Crippen LogP contribution is 2.32. The minimum atomic E-state index is 0.450. The summed E-state index contributed by atoms with van der Waals surface area (Å²) in [7, 11) is 0. The predicted molar refractivity (Wildman–Crippen MR) is 62.6 cm³/mol. The number of hydrogen-bond donors (Lipinski definition) is 1. The largest absolute Gasteiger partial charge is 0.306 e. The van der Waals surface area contributed by atoms with E-state index in [0.29, 0.717) is 6.04 Å². The molecule has 1 aromatic rings. The third kappa shape index (κ3) is 2.78. The molecule has 1 N–H and O–H groups in total. The van der Waals surface area contributed by atoms with Crippen LogP contribution in [0.25, 0.3) is 0 Å². The Morgan fingerprint density at radius 1 is 1.53 bits per heavy atom. The lowest BCUT2D eigenvalue weighted by Gasteiger charge is -2.17. The van der Waals surface area contributed by atoms with Gasteiger partial charge in [0.05, 0.1) is 5.69 Å². The molecular weight excluding hydrogens is 184 g/mol. The first-order valence-corrected chi connectivity index (χ1v) is 5.98. The van der Waals surface area contributed by atoms with E-state index in [1.54, 1.807) is 0 Å². The van der Waals surface area contributed by atoms with Gasteiger partial charge in [-0.05, 0) is 30.9 Å². The summed E-state index contributed by atoms with van der Waals surface area (Å²) < 4.78 is 0. The van der Waals surface area contributed by atoms with Crippen molar-refractivity contribution in [2.45, 2.75) is 45.2 Å². The highest BCUT2D eigenvalue weighted by Gasteiger charge is 2.34. The van der Waals surface area contributed by atoms with Crippen molar-refractivity contribution in [3.8, 4) is 0 Å². The number of hydrogen-bond acceptors (Lipinski definition) is 2. The second-order valence-electron chi connectivity index (χ2n) is 4.58. The Kier molecular flexibility index (Phi) is 3.37. The lowest BCUT2D eigenvalue weighted by Crippen LogP contribution is -2.25. The topological polar surface area (TPSA) is 24.9 Å². The molecule has 0 bridgehead atoms. The fourth-order valence-corrected chi connectivity index (χ4v) is 2.00. The molecule has 15 heavy (non-hydrogen) atoms. The van der Waals surface area contributed by atoms with Crippen LogP contribution in [0.2, 0.25) is 0 Å². The molecule has 0 spiro atoms. The standard InChI is InChI=1S/C13H20N2/c1-3-6-12(15-13-9-10(13)2)11-7-4-5-8-14-11/h4-5,7-8,10,12-13,15H,3,6,9H2,1-2H3. The number of pyridine rings is 1. The fraction of sp³-hybridized carbons (Fsp3) is 0.615. The zero-order valence-electron chi connectivity index (χ0n) is 9.61. The maximum atomic E-state index is 4.44. The van der Waals surface area contributed by atoms with E-state index < -0.39 is 0 Å². The molecule has 0 aliphatic heterocycles. The third-order valence-corrected chi connectivity index (χ3v) is 3.15. The second-order valence-corrected chi connectivity index (χ2v) is 4.58. The smallest absolute Gasteiger partial charge is 0.0573 e. The van der Waals surface area contributed by atoms with E-state index in [2.05, 4.69) is 36.3 Å². The monoisotopic (exact) mass is 204 g/mol. The normalized spacial score (nSPS) is 26.3. The molecule has 1 heterocycles. The van der Waals surface area contributed by atoms with Crippen LogP contribution in [0.1, 0.15) is 44.8 Å². The summed E-state index contributed by atoms with van der Waals surface area (Å²) in [5, 5.41) is 3.70. The van der Waals surface area contributed by atoms with Crippen LogP contribution in [0.15, 0.2) is 24.4 Å². The Bertz CT molecular complexity index is 297. The van der Waals surface area contributed by atoms with Crippen LogP contribution in [-0.4, -0.2) is 11.0 Å². The minimum Gasteiger partial charge on any atom is -0.306 e. The summed E-state index contributed by atoms with van der Waals surface area (Å²) in [4.78, 5) is 4.44. The van der Waals surface area contributed by atoms with E-state index >= 15 is 0 Å². The Balaban J connectivity index is 1.99. The third-order valence-electron chi connectivity index (χ3n) is 3.15. The SMILES string of the molecule is CCCC(NC1CC1C)c1ccccn1. The maximum Gasteiger partial charge on any atom is 0.0573 e. The Morgan fingerprint density at radius 3 is 2.87 bits per heavy atom. The molecule has 82 valence electrons. The van der Waals surface area contributed by atoms with Crippen LogP contribution >= 0.6 is 0 Å². The summed E-state index contributed by atoms with van der Waals surface area (Å²) in [5.74, 6) is 0.855. The van der Waals surface area contributed by atoms with Gasteiger partial charge < -0.3 is 5.32 Å². The van der Waals surface area contributed by atoms with Crippen LogP contribution in [0.5, 0.6) is 0 Å². The molecular formula is C13H20N2. The molecule has 0 radical (unpaired) electrons. The molecule has 2 rings (SSSR count). The molecule has 3 atom stereocenters. The average Bonchev–Trinajstić information content (AvgIpc) is 2.95. The molecule has 1 aliphatic rings. The summed E-state index contributed by atoms with van der Waals surface area (Å²) in [5.41, 5.74) is 1.19. The molecule has 1 fully saturated rings. The van der Waals surface area contributed by atoms with Crippen molar-refractivity contribution in [3.05, 3.63) is 30.1 Å². The van der Waals surface area contributed by atoms with Crippen molar-refractivity contribution in [2.75, 3.05) is 0 Å². The van der Waals surface area contributed by atoms with Crippen LogP contribution in [0.4, 0.5) is 0 Å². The number of nitrogens with one attached hydrogen (secondary N) is 1. The first kappa shape index (κ1) is 10.6. The van der Waals surface area contributed by atoms with Crippen molar-refractivity contribution in [1.29, 1.82) is 0 Å². The molecule has 2 heteroatoms. The van der Waals surface area contributed by atoms with Gasteiger partial charge in [-0.15, -0.1) is 0 Å². The Hall–Kier alpha value is -0.890. The molecule has 3 unspecified atom stereocenters. The second kappa shape index (κ2) is 4.75. The minimum absolute atomic E-state index is 0.450.